The fourth-order valence-electron chi connectivity index (χ4n) is 1.83. The van der Waals surface area contributed by atoms with Gasteiger partial charge in [-0.25, -0.2) is 9.78 Å². The molecule has 1 unspecified atom stereocenters. The van der Waals surface area contributed by atoms with Gasteiger partial charge in [0.15, 0.2) is 0 Å². The molecular weight excluding hydrogens is 234 g/mol. The van der Waals surface area contributed by atoms with E-state index in [1.165, 1.54) is 7.11 Å². The first kappa shape index (κ1) is 12.3. The summed E-state index contributed by atoms with van der Waals surface area (Å²) in [6.45, 7) is 0.592. The number of methoxy groups -OCH3 is 1. The van der Waals surface area contributed by atoms with E-state index in [-0.39, 0.29) is 17.6 Å². The molecular formula is C12H15N3O3. The van der Waals surface area contributed by atoms with Crippen molar-refractivity contribution < 1.29 is 14.3 Å². The van der Waals surface area contributed by atoms with Crippen molar-refractivity contribution in [2.24, 2.45) is 0 Å². The van der Waals surface area contributed by atoms with Crippen LogP contribution in [-0.4, -0.2) is 36.6 Å². The summed E-state index contributed by atoms with van der Waals surface area (Å²) < 4.78 is 4.61. The van der Waals surface area contributed by atoms with E-state index in [2.05, 4.69) is 20.4 Å². The number of nitrogens with zero attached hydrogens (tertiary/aromatic N) is 1. The summed E-state index contributed by atoms with van der Waals surface area (Å²) in [5.74, 6) is -0.381. The van der Waals surface area contributed by atoms with Crippen molar-refractivity contribution in [3.63, 3.8) is 0 Å². The molecule has 2 rings (SSSR count). The molecule has 1 aliphatic heterocycles. The van der Waals surface area contributed by atoms with Crippen LogP contribution in [-0.2, 0) is 9.53 Å². The molecule has 1 aromatic heterocycles. The van der Waals surface area contributed by atoms with E-state index in [1.54, 1.807) is 18.3 Å². The van der Waals surface area contributed by atoms with Crippen LogP contribution in [0.1, 0.15) is 23.3 Å². The molecule has 2 N–H and O–H groups in total. The average Bonchev–Trinajstić information content (AvgIpc) is 2.41. The highest BCUT2D eigenvalue weighted by atomic mass is 16.5. The van der Waals surface area contributed by atoms with Gasteiger partial charge in [0.1, 0.15) is 5.69 Å². The molecule has 18 heavy (non-hydrogen) atoms. The molecule has 1 aliphatic rings. The fraction of sp³-hybridized carbons (Fsp3) is 0.417. The lowest BCUT2D eigenvalue weighted by atomic mass is 10.1. The Morgan fingerprint density at radius 1 is 1.61 bits per heavy atom. The molecule has 2 heterocycles. The third kappa shape index (κ3) is 2.97. The SMILES string of the molecule is COC(=O)c1cc(NC2CCC(=O)NC2)ccn1. The van der Waals surface area contributed by atoms with Crippen LogP contribution in [0, 0.1) is 0 Å². The Balaban J connectivity index is 2.01. The van der Waals surface area contributed by atoms with Crippen LogP contribution in [0.2, 0.25) is 0 Å². The standard InChI is InChI=1S/C12H15N3O3/c1-18-12(17)10-6-8(4-5-13-10)15-9-2-3-11(16)14-7-9/h4-6,9H,2-3,7H2,1H3,(H,13,15)(H,14,16). The summed E-state index contributed by atoms with van der Waals surface area (Å²) in [6, 6.07) is 3.60. The number of ether oxygens (including phenoxy) is 1. The van der Waals surface area contributed by atoms with E-state index >= 15 is 0 Å². The maximum Gasteiger partial charge on any atom is 0.356 e. The molecule has 1 atom stereocenters. The Hall–Kier alpha value is -2.11. The van der Waals surface area contributed by atoms with E-state index in [1.807, 2.05) is 0 Å². The molecule has 0 aromatic carbocycles. The molecule has 1 aromatic rings. The fourth-order valence-corrected chi connectivity index (χ4v) is 1.83. The molecule has 0 aliphatic carbocycles. The van der Waals surface area contributed by atoms with Crippen LogP contribution in [0.3, 0.4) is 0 Å². The lowest BCUT2D eigenvalue weighted by Crippen LogP contribution is -2.41. The van der Waals surface area contributed by atoms with E-state index in [4.69, 9.17) is 0 Å². The van der Waals surface area contributed by atoms with Crippen LogP contribution in [0.4, 0.5) is 5.69 Å². The van der Waals surface area contributed by atoms with Crippen LogP contribution < -0.4 is 10.6 Å². The highest BCUT2D eigenvalue weighted by Crippen LogP contribution is 2.13. The van der Waals surface area contributed by atoms with Crippen molar-refractivity contribution in [3.8, 4) is 0 Å². The zero-order chi connectivity index (χ0) is 13.0. The number of anilines is 1. The number of rotatable bonds is 3. The van der Waals surface area contributed by atoms with Crippen LogP contribution >= 0.6 is 0 Å². The van der Waals surface area contributed by atoms with E-state index in [0.29, 0.717) is 13.0 Å². The minimum atomic E-state index is -0.462. The highest BCUT2D eigenvalue weighted by molar-refractivity contribution is 5.88. The van der Waals surface area contributed by atoms with Crippen molar-refractivity contribution in [1.29, 1.82) is 0 Å². The third-order valence-electron chi connectivity index (χ3n) is 2.79. The lowest BCUT2D eigenvalue weighted by Gasteiger charge is -2.24. The largest absolute Gasteiger partial charge is 0.464 e. The second-order valence-electron chi connectivity index (χ2n) is 4.11. The van der Waals surface area contributed by atoms with Gasteiger partial charge in [0.05, 0.1) is 7.11 Å². The average molecular weight is 249 g/mol. The van der Waals surface area contributed by atoms with E-state index in [0.717, 1.165) is 12.1 Å². The zero-order valence-corrected chi connectivity index (χ0v) is 10.1. The molecule has 0 spiro atoms. The van der Waals surface area contributed by atoms with Crippen LogP contribution in [0.15, 0.2) is 18.3 Å². The summed E-state index contributed by atoms with van der Waals surface area (Å²) >= 11 is 0. The summed E-state index contributed by atoms with van der Waals surface area (Å²) in [4.78, 5) is 26.3. The number of carbonyl (C=O) groups excluding carboxylic acids is 2. The summed E-state index contributed by atoms with van der Waals surface area (Å²) in [5.41, 5.74) is 1.06. The van der Waals surface area contributed by atoms with Gasteiger partial charge >= 0.3 is 5.97 Å². The quantitative estimate of drug-likeness (QED) is 0.765. The van der Waals surface area contributed by atoms with E-state index < -0.39 is 5.97 Å². The number of aromatic nitrogens is 1. The van der Waals surface area contributed by atoms with Gasteiger partial charge < -0.3 is 15.4 Å². The summed E-state index contributed by atoms with van der Waals surface area (Å²) in [5, 5.41) is 6.05. The Bertz CT molecular complexity index is 452. The van der Waals surface area contributed by atoms with Gasteiger partial charge in [0.2, 0.25) is 5.91 Å². The predicted molar refractivity (Wildman–Crippen MR) is 65.2 cm³/mol. The van der Waals surface area contributed by atoms with Gasteiger partial charge in [-0.1, -0.05) is 0 Å². The number of pyridine rings is 1. The van der Waals surface area contributed by atoms with E-state index in [9.17, 15) is 9.59 Å². The normalized spacial score (nSPS) is 18.9. The van der Waals surface area contributed by atoms with Gasteiger partial charge in [-0.15, -0.1) is 0 Å². The number of carbonyl (C=O) groups is 2. The number of hydrogen-bond acceptors (Lipinski definition) is 5. The van der Waals surface area contributed by atoms with Crippen molar-refractivity contribution in [2.75, 3.05) is 19.0 Å². The van der Waals surface area contributed by atoms with Crippen LogP contribution in [0.25, 0.3) is 0 Å². The Morgan fingerprint density at radius 2 is 2.44 bits per heavy atom. The monoisotopic (exact) mass is 249 g/mol. The minimum absolute atomic E-state index is 0.0815. The van der Waals surface area contributed by atoms with Gasteiger partial charge in [0, 0.05) is 30.9 Å². The summed E-state index contributed by atoms with van der Waals surface area (Å²) in [6.07, 6.45) is 2.85. The van der Waals surface area contributed by atoms with Crippen LogP contribution in [0.5, 0.6) is 0 Å². The molecule has 0 bridgehead atoms. The van der Waals surface area contributed by atoms with Crippen molar-refractivity contribution in [1.82, 2.24) is 10.3 Å². The van der Waals surface area contributed by atoms with Gasteiger partial charge in [0.25, 0.3) is 0 Å². The molecule has 0 saturated carbocycles. The first-order valence-electron chi connectivity index (χ1n) is 5.76. The first-order chi connectivity index (χ1) is 8.69. The smallest absolute Gasteiger partial charge is 0.356 e. The number of amides is 1. The third-order valence-corrected chi connectivity index (χ3v) is 2.79. The maximum atomic E-state index is 11.3. The minimum Gasteiger partial charge on any atom is -0.464 e. The Labute approximate surface area is 105 Å². The molecule has 6 heteroatoms. The summed E-state index contributed by atoms with van der Waals surface area (Å²) in [7, 11) is 1.32. The molecule has 1 amide bonds. The molecule has 6 nitrogen and oxygen atoms in total. The van der Waals surface area contributed by atoms with Gasteiger partial charge in [-0.2, -0.15) is 0 Å². The molecule has 96 valence electrons. The van der Waals surface area contributed by atoms with Gasteiger partial charge in [-0.05, 0) is 18.6 Å². The second kappa shape index (κ2) is 5.48. The highest BCUT2D eigenvalue weighted by Gasteiger charge is 2.18. The predicted octanol–water partition coefficient (Wildman–Crippen LogP) is 0.559. The number of piperidine rings is 1. The van der Waals surface area contributed by atoms with Crippen molar-refractivity contribution in [3.05, 3.63) is 24.0 Å². The Kier molecular flexibility index (Phi) is 3.76. The van der Waals surface area contributed by atoms with Crippen molar-refractivity contribution >= 4 is 17.6 Å². The number of hydrogen-bond donors (Lipinski definition) is 2. The number of esters is 1. The topological polar surface area (TPSA) is 80.3 Å². The van der Waals surface area contributed by atoms with Gasteiger partial charge in [-0.3, -0.25) is 4.79 Å². The first-order valence-corrected chi connectivity index (χ1v) is 5.76. The Morgan fingerprint density at radius 3 is 3.11 bits per heavy atom. The second-order valence-corrected chi connectivity index (χ2v) is 4.11. The molecule has 1 fully saturated rings. The lowest BCUT2D eigenvalue weighted by molar-refractivity contribution is -0.122. The molecule has 1 saturated heterocycles. The number of nitrogens with one attached hydrogen (secondary N) is 2. The molecule has 0 radical (unpaired) electrons. The zero-order valence-electron chi connectivity index (χ0n) is 10.1. The van der Waals surface area contributed by atoms with Crippen molar-refractivity contribution in [2.45, 2.75) is 18.9 Å². The maximum absolute atomic E-state index is 11.3.